The number of sulfonamides is 1. The monoisotopic (exact) mass is 500 g/mol. The van der Waals surface area contributed by atoms with Crippen LogP contribution in [0, 0.1) is 27.2 Å². The first-order valence-electron chi connectivity index (χ1n) is 10.4. The van der Waals surface area contributed by atoms with Crippen LogP contribution in [-0.4, -0.2) is 63.9 Å². The minimum absolute atomic E-state index is 0.0629. The normalized spacial score (nSPS) is 14.5. The van der Waals surface area contributed by atoms with E-state index in [9.17, 15) is 28.6 Å². The standard InChI is InChI=1S/C20H20N8O6S/c1-14-16(27(29)30)12-15(13-17(14)28(31)32)35(33,34)26-10-8-25(9-11-26)20-6-5-19(23-24-20)22-18-4-2-3-7-21-18/h2-7,12-13H,8-11H2,1H3,(H,21,22,23). The van der Waals surface area contributed by atoms with E-state index in [0.29, 0.717) is 17.5 Å². The Morgan fingerprint density at radius 1 is 0.914 bits per heavy atom. The molecule has 0 spiro atoms. The zero-order valence-electron chi connectivity index (χ0n) is 18.4. The highest BCUT2D eigenvalue weighted by Gasteiger charge is 2.33. The van der Waals surface area contributed by atoms with E-state index >= 15 is 0 Å². The molecule has 0 bridgehead atoms. The lowest BCUT2D eigenvalue weighted by atomic mass is 10.1. The van der Waals surface area contributed by atoms with E-state index in [0.717, 1.165) is 16.4 Å². The molecular weight excluding hydrogens is 480 g/mol. The molecule has 1 aliphatic heterocycles. The Morgan fingerprint density at radius 2 is 1.57 bits per heavy atom. The Labute approximate surface area is 199 Å². The third-order valence-corrected chi connectivity index (χ3v) is 7.37. The summed E-state index contributed by atoms with van der Waals surface area (Å²) in [5.74, 6) is 1.66. The SMILES string of the molecule is Cc1c([N+](=O)[O-])cc(S(=O)(=O)N2CCN(c3ccc(Nc4ccccn4)nn3)CC2)cc1[N+](=O)[O-]. The molecule has 3 heterocycles. The maximum atomic E-state index is 13.1. The van der Waals surface area contributed by atoms with Crippen LogP contribution in [0.5, 0.6) is 0 Å². The highest BCUT2D eigenvalue weighted by Crippen LogP contribution is 2.33. The van der Waals surface area contributed by atoms with Crippen molar-refractivity contribution in [3.8, 4) is 0 Å². The summed E-state index contributed by atoms with van der Waals surface area (Å²) in [6.07, 6.45) is 1.64. The van der Waals surface area contributed by atoms with Crippen LogP contribution in [0.15, 0.2) is 53.6 Å². The van der Waals surface area contributed by atoms with Crippen molar-refractivity contribution in [1.82, 2.24) is 19.5 Å². The maximum absolute atomic E-state index is 13.1. The summed E-state index contributed by atoms with van der Waals surface area (Å²) in [7, 11) is -4.19. The van der Waals surface area contributed by atoms with Gasteiger partial charge in [-0.2, -0.15) is 4.31 Å². The number of benzene rings is 1. The molecule has 15 heteroatoms. The molecule has 4 rings (SSSR count). The lowest BCUT2D eigenvalue weighted by molar-refractivity contribution is -0.395. The average Bonchev–Trinajstić information content (AvgIpc) is 2.85. The molecule has 1 fully saturated rings. The number of pyridine rings is 1. The summed E-state index contributed by atoms with van der Waals surface area (Å²) in [6.45, 7) is 1.92. The molecule has 0 saturated carbocycles. The molecule has 1 aliphatic rings. The van der Waals surface area contributed by atoms with Gasteiger partial charge in [0.25, 0.3) is 11.4 Å². The average molecular weight is 500 g/mol. The number of piperazine rings is 1. The molecule has 0 amide bonds. The van der Waals surface area contributed by atoms with E-state index in [1.165, 1.54) is 6.92 Å². The first kappa shape index (κ1) is 23.9. The summed E-state index contributed by atoms with van der Waals surface area (Å²) >= 11 is 0. The summed E-state index contributed by atoms with van der Waals surface area (Å²) in [4.78, 5) is 26.5. The molecule has 2 aromatic heterocycles. The van der Waals surface area contributed by atoms with Crippen LogP contribution in [0.3, 0.4) is 0 Å². The van der Waals surface area contributed by atoms with Crippen LogP contribution in [0.25, 0.3) is 0 Å². The number of nitrogens with zero attached hydrogens (tertiary/aromatic N) is 7. The van der Waals surface area contributed by atoms with Crippen molar-refractivity contribution in [3.63, 3.8) is 0 Å². The molecule has 0 radical (unpaired) electrons. The van der Waals surface area contributed by atoms with Gasteiger partial charge in [0, 0.05) is 44.5 Å². The number of rotatable bonds is 7. The van der Waals surface area contributed by atoms with Crippen molar-refractivity contribution in [2.75, 3.05) is 36.4 Å². The van der Waals surface area contributed by atoms with Crippen LogP contribution in [0.2, 0.25) is 0 Å². The van der Waals surface area contributed by atoms with Gasteiger partial charge < -0.3 is 10.2 Å². The van der Waals surface area contributed by atoms with Crippen molar-refractivity contribution >= 4 is 38.9 Å². The van der Waals surface area contributed by atoms with Crippen molar-refractivity contribution in [1.29, 1.82) is 0 Å². The number of hydrogen-bond donors (Lipinski definition) is 1. The van der Waals surface area contributed by atoms with Crippen molar-refractivity contribution < 1.29 is 18.3 Å². The van der Waals surface area contributed by atoms with E-state index < -0.39 is 36.1 Å². The van der Waals surface area contributed by atoms with E-state index in [-0.39, 0.29) is 31.7 Å². The molecule has 1 N–H and O–H groups in total. The molecule has 0 unspecified atom stereocenters. The first-order chi connectivity index (χ1) is 16.7. The minimum Gasteiger partial charge on any atom is -0.352 e. The van der Waals surface area contributed by atoms with Crippen molar-refractivity contribution in [2.24, 2.45) is 0 Å². The largest absolute Gasteiger partial charge is 0.352 e. The van der Waals surface area contributed by atoms with Gasteiger partial charge in [0.2, 0.25) is 10.0 Å². The Morgan fingerprint density at radius 3 is 2.09 bits per heavy atom. The van der Waals surface area contributed by atoms with Crippen LogP contribution < -0.4 is 10.2 Å². The second kappa shape index (κ2) is 9.55. The summed E-state index contributed by atoms with van der Waals surface area (Å²) < 4.78 is 27.4. The van der Waals surface area contributed by atoms with Gasteiger partial charge in [-0.05, 0) is 31.2 Å². The van der Waals surface area contributed by atoms with E-state index in [2.05, 4.69) is 20.5 Å². The molecule has 182 valence electrons. The van der Waals surface area contributed by atoms with E-state index in [1.807, 2.05) is 11.0 Å². The number of nitro benzene ring substituents is 2. The molecule has 35 heavy (non-hydrogen) atoms. The fourth-order valence-electron chi connectivity index (χ4n) is 3.62. The van der Waals surface area contributed by atoms with Gasteiger partial charge in [-0.3, -0.25) is 20.2 Å². The first-order valence-corrected chi connectivity index (χ1v) is 11.8. The Kier molecular flexibility index (Phi) is 6.52. The van der Waals surface area contributed by atoms with Gasteiger partial charge in [0.15, 0.2) is 11.6 Å². The molecule has 1 aromatic carbocycles. The van der Waals surface area contributed by atoms with Gasteiger partial charge >= 0.3 is 0 Å². The van der Waals surface area contributed by atoms with Crippen molar-refractivity contribution in [3.05, 3.63) is 74.5 Å². The number of nitro groups is 2. The van der Waals surface area contributed by atoms with Gasteiger partial charge in [-0.15, -0.1) is 10.2 Å². The third-order valence-electron chi connectivity index (χ3n) is 5.49. The van der Waals surface area contributed by atoms with Crippen molar-refractivity contribution in [2.45, 2.75) is 11.8 Å². The van der Waals surface area contributed by atoms with Gasteiger partial charge in [-0.25, -0.2) is 13.4 Å². The Hall–Kier alpha value is -4.24. The second-order valence-electron chi connectivity index (χ2n) is 7.61. The fourth-order valence-corrected chi connectivity index (χ4v) is 5.09. The zero-order chi connectivity index (χ0) is 25.2. The molecule has 1 saturated heterocycles. The quantitative estimate of drug-likeness (QED) is 0.371. The van der Waals surface area contributed by atoms with Gasteiger partial charge in [-0.1, -0.05) is 6.07 Å². The zero-order valence-corrected chi connectivity index (χ0v) is 19.3. The smallest absolute Gasteiger partial charge is 0.280 e. The summed E-state index contributed by atoms with van der Waals surface area (Å²) in [5.41, 5.74) is -1.44. The third kappa shape index (κ3) is 4.99. The lowest BCUT2D eigenvalue weighted by Crippen LogP contribution is -2.49. The predicted molar refractivity (Wildman–Crippen MR) is 125 cm³/mol. The highest BCUT2D eigenvalue weighted by atomic mass is 32.2. The van der Waals surface area contributed by atoms with E-state index in [1.54, 1.807) is 30.5 Å². The molecular formula is C20H20N8O6S. The lowest BCUT2D eigenvalue weighted by Gasteiger charge is -2.34. The number of nitrogens with one attached hydrogen (secondary N) is 1. The van der Waals surface area contributed by atoms with Gasteiger partial charge in [0.05, 0.1) is 14.7 Å². The predicted octanol–water partition coefficient (Wildman–Crippen LogP) is 2.25. The number of aromatic nitrogens is 3. The molecule has 14 nitrogen and oxygen atoms in total. The topological polar surface area (TPSA) is 178 Å². The summed E-state index contributed by atoms with van der Waals surface area (Å²) in [6, 6.07) is 10.6. The fraction of sp³-hybridized carbons (Fsp3) is 0.250. The molecule has 3 aromatic rings. The number of hydrogen-bond acceptors (Lipinski definition) is 11. The highest BCUT2D eigenvalue weighted by molar-refractivity contribution is 7.89. The number of anilines is 3. The Bertz CT molecular complexity index is 1330. The maximum Gasteiger partial charge on any atom is 0.280 e. The molecule has 0 atom stereocenters. The van der Waals surface area contributed by atoms with Crippen LogP contribution in [0.1, 0.15) is 5.56 Å². The van der Waals surface area contributed by atoms with Crippen LogP contribution >= 0.6 is 0 Å². The van der Waals surface area contributed by atoms with Crippen LogP contribution in [0.4, 0.5) is 28.8 Å². The van der Waals surface area contributed by atoms with Crippen LogP contribution in [-0.2, 0) is 10.0 Å². The Balaban J connectivity index is 1.47. The van der Waals surface area contributed by atoms with Gasteiger partial charge in [0.1, 0.15) is 11.4 Å². The summed E-state index contributed by atoms with van der Waals surface area (Å²) in [5, 5.41) is 34.0. The molecule has 0 aliphatic carbocycles. The second-order valence-corrected chi connectivity index (χ2v) is 9.55. The van der Waals surface area contributed by atoms with E-state index in [4.69, 9.17) is 0 Å². The minimum atomic E-state index is -4.19.